The zero-order valence-electron chi connectivity index (χ0n) is 15.8. The highest BCUT2D eigenvalue weighted by Gasteiger charge is 2.25. The van der Waals surface area contributed by atoms with E-state index < -0.39 is 10.5 Å². The number of carbonyl (C=O) groups is 1. The van der Waals surface area contributed by atoms with E-state index in [0.717, 1.165) is 11.8 Å². The second kappa shape index (κ2) is 8.35. The number of hydrogen-bond donors (Lipinski definition) is 1. The number of nitrogens with zero attached hydrogens (tertiary/aromatic N) is 5. The summed E-state index contributed by atoms with van der Waals surface area (Å²) < 4.78 is 6.45. The van der Waals surface area contributed by atoms with Gasteiger partial charge in [-0.05, 0) is 19.1 Å². The Morgan fingerprint density at radius 2 is 2.10 bits per heavy atom. The fraction of sp³-hybridized carbons (Fsp3) is 0.167. The predicted octanol–water partition coefficient (Wildman–Crippen LogP) is 2.49. The van der Waals surface area contributed by atoms with E-state index in [-0.39, 0.29) is 40.0 Å². The van der Waals surface area contributed by atoms with Crippen LogP contribution in [0.5, 0.6) is 5.75 Å². The first-order valence-electron chi connectivity index (χ1n) is 8.74. The highest BCUT2D eigenvalue weighted by Crippen LogP contribution is 2.29. The van der Waals surface area contributed by atoms with Crippen LogP contribution in [-0.4, -0.2) is 47.9 Å². The van der Waals surface area contributed by atoms with Crippen LogP contribution in [0.25, 0.3) is 0 Å². The Balaban J connectivity index is 1.55. The van der Waals surface area contributed by atoms with Gasteiger partial charge in [0, 0.05) is 29.5 Å². The lowest BCUT2D eigenvalue weighted by Gasteiger charge is -2.13. The van der Waals surface area contributed by atoms with Crippen molar-refractivity contribution < 1.29 is 19.2 Å². The summed E-state index contributed by atoms with van der Waals surface area (Å²) in [5.41, 5.74) is -0.200. The van der Waals surface area contributed by atoms with E-state index >= 15 is 0 Å². The average Bonchev–Trinajstić information content (AvgIpc) is 3.13. The number of nitro benzene ring substituents is 1. The molecule has 0 fully saturated rings. The van der Waals surface area contributed by atoms with E-state index in [1.54, 1.807) is 6.92 Å². The molecule has 1 aliphatic heterocycles. The highest BCUT2D eigenvalue weighted by molar-refractivity contribution is 8.00. The molecule has 31 heavy (non-hydrogen) atoms. The summed E-state index contributed by atoms with van der Waals surface area (Å²) in [6, 6.07) is 6.66. The first-order chi connectivity index (χ1) is 14.8. The van der Waals surface area contributed by atoms with Gasteiger partial charge in [0.25, 0.3) is 5.69 Å². The molecule has 0 saturated carbocycles. The Hall–Kier alpha value is -3.45. The first kappa shape index (κ1) is 20.8. The normalized spacial score (nSPS) is 12.9. The van der Waals surface area contributed by atoms with Gasteiger partial charge in [-0.15, -0.1) is 10.2 Å². The van der Waals surface area contributed by atoms with Gasteiger partial charge in [0.1, 0.15) is 17.1 Å². The minimum Gasteiger partial charge on any atom is -0.507 e. The van der Waals surface area contributed by atoms with Gasteiger partial charge in [0.2, 0.25) is 10.3 Å². The molecule has 1 N–H and O–H groups in total. The Bertz CT molecular complexity index is 1280. The molecule has 0 spiro atoms. The standard InChI is InChI=1S/C18H13N5O6S2/c1-9-6-13(24)15(16(26)29-9)12-7-30-17-19-20-18(22(17)21-12)31-8-14(25)10-2-4-11(5-3-10)23(27)28/h2-6,24H,7-8H2,1H3. The molecule has 4 rings (SSSR count). The van der Waals surface area contributed by atoms with Crippen molar-refractivity contribution in [3.05, 3.63) is 67.8 Å². The molecule has 11 nitrogen and oxygen atoms in total. The third-order valence-corrected chi connectivity index (χ3v) is 6.07. The third kappa shape index (κ3) is 4.22. The second-order valence-corrected chi connectivity index (χ2v) is 8.22. The van der Waals surface area contributed by atoms with Gasteiger partial charge >= 0.3 is 5.63 Å². The number of aromatic nitrogens is 3. The topological polar surface area (TPSA) is 154 Å². The van der Waals surface area contributed by atoms with Crippen LogP contribution in [0.3, 0.4) is 0 Å². The van der Waals surface area contributed by atoms with E-state index in [9.17, 15) is 24.8 Å². The molecule has 1 aliphatic rings. The molecule has 3 aromatic rings. The number of Topliss-reactive ketones (excluding diaryl/α,β-unsaturated/α-hetero) is 1. The van der Waals surface area contributed by atoms with Crippen LogP contribution in [0, 0.1) is 17.0 Å². The van der Waals surface area contributed by atoms with Crippen molar-refractivity contribution in [2.75, 3.05) is 11.5 Å². The Morgan fingerprint density at radius 3 is 2.77 bits per heavy atom. The van der Waals surface area contributed by atoms with Crippen molar-refractivity contribution in [2.24, 2.45) is 5.10 Å². The third-order valence-electron chi connectivity index (χ3n) is 4.22. The van der Waals surface area contributed by atoms with Crippen LogP contribution >= 0.6 is 23.5 Å². The number of hydrogen-bond acceptors (Lipinski definition) is 11. The Labute approximate surface area is 182 Å². The highest BCUT2D eigenvalue weighted by atomic mass is 32.2. The molecule has 3 heterocycles. The van der Waals surface area contributed by atoms with Gasteiger partial charge < -0.3 is 9.52 Å². The molecule has 2 aromatic heterocycles. The monoisotopic (exact) mass is 459 g/mol. The number of nitro groups is 1. The van der Waals surface area contributed by atoms with E-state index in [1.165, 1.54) is 46.8 Å². The van der Waals surface area contributed by atoms with Crippen molar-refractivity contribution >= 4 is 40.7 Å². The summed E-state index contributed by atoms with van der Waals surface area (Å²) in [7, 11) is 0. The summed E-state index contributed by atoms with van der Waals surface area (Å²) in [5, 5.41) is 34.1. The van der Waals surface area contributed by atoms with Crippen molar-refractivity contribution in [3.63, 3.8) is 0 Å². The van der Waals surface area contributed by atoms with Crippen molar-refractivity contribution in [1.29, 1.82) is 0 Å². The maximum Gasteiger partial charge on any atom is 0.348 e. The number of benzene rings is 1. The zero-order chi connectivity index (χ0) is 22.1. The van der Waals surface area contributed by atoms with Gasteiger partial charge in [0.15, 0.2) is 5.78 Å². The van der Waals surface area contributed by atoms with Gasteiger partial charge in [-0.25, -0.2) is 4.79 Å². The Morgan fingerprint density at radius 1 is 1.35 bits per heavy atom. The van der Waals surface area contributed by atoms with Crippen molar-refractivity contribution in [2.45, 2.75) is 17.2 Å². The fourth-order valence-electron chi connectivity index (χ4n) is 2.77. The second-order valence-electron chi connectivity index (χ2n) is 6.33. The lowest BCUT2D eigenvalue weighted by Crippen LogP contribution is -2.21. The van der Waals surface area contributed by atoms with Crippen LogP contribution in [0.2, 0.25) is 0 Å². The molecule has 0 amide bonds. The molecule has 13 heteroatoms. The summed E-state index contributed by atoms with van der Waals surface area (Å²) >= 11 is 2.36. The minimum atomic E-state index is -0.698. The molecule has 0 bridgehead atoms. The van der Waals surface area contributed by atoms with Gasteiger partial charge in [-0.1, -0.05) is 23.5 Å². The van der Waals surface area contributed by atoms with Crippen LogP contribution in [0.15, 0.2) is 55.0 Å². The number of aryl methyl sites for hydroxylation is 1. The SMILES string of the molecule is Cc1cc(O)c(C2=Nn3c(SCC(=O)c4ccc([N+](=O)[O-])cc4)nnc3SC2)c(=O)o1. The maximum atomic E-state index is 12.4. The number of rotatable bonds is 6. The summed E-state index contributed by atoms with van der Waals surface area (Å²) in [6.07, 6.45) is 0. The van der Waals surface area contributed by atoms with E-state index in [4.69, 9.17) is 4.42 Å². The summed E-state index contributed by atoms with van der Waals surface area (Å²) in [4.78, 5) is 34.8. The summed E-state index contributed by atoms with van der Waals surface area (Å²) in [6.45, 7) is 1.55. The maximum absolute atomic E-state index is 12.4. The van der Waals surface area contributed by atoms with Crippen molar-refractivity contribution in [1.82, 2.24) is 14.9 Å². The molecule has 158 valence electrons. The number of non-ortho nitro benzene ring substituents is 1. The smallest absolute Gasteiger partial charge is 0.348 e. The number of thioether (sulfide) groups is 2. The van der Waals surface area contributed by atoms with Gasteiger partial charge in [-0.3, -0.25) is 14.9 Å². The molecule has 0 radical (unpaired) electrons. The zero-order valence-corrected chi connectivity index (χ0v) is 17.5. The quantitative estimate of drug-likeness (QED) is 0.252. The van der Waals surface area contributed by atoms with E-state index in [0.29, 0.717) is 21.6 Å². The molecule has 0 saturated heterocycles. The van der Waals surface area contributed by atoms with Crippen LogP contribution in [-0.2, 0) is 0 Å². The van der Waals surface area contributed by atoms with Crippen LogP contribution < -0.4 is 5.63 Å². The lowest BCUT2D eigenvalue weighted by atomic mass is 10.1. The van der Waals surface area contributed by atoms with E-state index in [2.05, 4.69) is 15.3 Å². The van der Waals surface area contributed by atoms with Gasteiger partial charge in [0.05, 0.1) is 16.4 Å². The molecule has 0 unspecified atom stereocenters. The van der Waals surface area contributed by atoms with Crippen molar-refractivity contribution in [3.8, 4) is 5.75 Å². The molecular weight excluding hydrogens is 446 g/mol. The molecule has 0 aliphatic carbocycles. The molecular formula is C18H13N5O6S2. The van der Waals surface area contributed by atoms with Gasteiger partial charge in [-0.2, -0.15) is 9.78 Å². The largest absolute Gasteiger partial charge is 0.507 e. The average molecular weight is 459 g/mol. The number of carbonyl (C=O) groups excluding carboxylic acids is 1. The predicted molar refractivity (Wildman–Crippen MR) is 112 cm³/mol. The molecule has 1 aromatic carbocycles. The molecule has 0 atom stereocenters. The van der Waals surface area contributed by atoms with Crippen LogP contribution in [0.4, 0.5) is 5.69 Å². The Kier molecular flexibility index (Phi) is 5.61. The lowest BCUT2D eigenvalue weighted by molar-refractivity contribution is -0.384. The van der Waals surface area contributed by atoms with Crippen LogP contribution in [0.1, 0.15) is 21.7 Å². The fourth-order valence-corrected chi connectivity index (χ4v) is 4.42. The van der Waals surface area contributed by atoms with E-state index in [1.807, 2.05) is 0 Å². The number of aromatic hydroxyl groups is 1. The number of ketones is 1. The summed E-state index contributed by atoms with van der Waals surface area (Å²) in [5.74, 6) is 0.0881. The number of fused-ring (bicyclic) bond motifs is 1. The first-order valence-corrected chi connectivity index (χ1v) is 10.7. The minimum absolute atomic E-state index is 0.00336.